The number of nitrogens with zero attached hydrogens (tertiary/aromatic N) is 1. The minimum Gasteiger partial charge on any atom is -0.495 e. The van der Waals surface area contributed by atoms with Gasteiger partial charge >= 0.3 is 0 Å². The summed E-state index contributed by atoms with van der Waals surface area (Å²) in [5.74, 6) is -6.86. The molecule has 3 aromatic rings. The zero-order chi connectivity index (χ0) is 23.1. The molecule has 0 aromatic heterocycles. The van der Waals surface area contributed by atoms with E-state index in [1.165, 1.54) is 19.2 Å². The summed E-state index contributed by atoms with van der Waals surface area (Å²) in [4.78, 5) is 1.44. The Hall–Kier alpha value is -3.11. The molecule has 5 nitrogen and oxygen atoms in total. The first-order chi connectivity index (χ1) is 14.5. The van der Waals surface area contributed by atoms with Crippen molar-refractivity contribution >= 4 is 15.7 Å². The van der Waals surface area contributed by atoms with Gasteiger partial charge in [-0.05, 0) is 35.4 Å². The van der Waals surface area contributed by atoms with Crippen molar-refractivity contribution in [3.8, 4) is 28.0 Å². The summed E-state index contributed by atoms with van der Waals surface area (Å²) in [7, 11) is 0.822. The van der Waals surface area contributed by atoms with Gasteiger partial charge in [0.25, 0.3) is 0 Å². The second-order valence-electron chi connectivity index (χ2n) is 6.86. The van der Waals surface area contributed by atoms with Gasteiger partial charge in [-0.2, -0.15) is 0 Å². The number of rotatable bonds is 5. The van der Waals surface area contributed by atoms with Crippen LogP contribution in [0.15, 0.2) is 47.4 Å². The van der Waals surface area contributed by atoms with Crippen LogP contribution in [0.25, 0.3) is 22.3 Å². The number of benzene rings is 3. The van der Waals surface area contributed by atoms with E-state index in [1.807, 2.05) is 0 Å². The fraction of sp³-hybridized carbons (Fsp3) is 0.143. The molecule has 0 saturated carbocycles. The van der Waals surface area contributed by atoms with Gasteiger partial charge in [-0.3, -0.25) is 0 Å². The highest BCUT2D eigenvalue weighted by Crippen LogP contribution is 2.41. The van der Waals surface area contributed by atoms with E-state index in [4.69, 9.17) is 9.88 Å². The second-order valence-corrected chi connectivity index (χ2v) is 8.42. The fourth-order valence-electron chi connectivity index (χ4n) is 3.19. The zero-order valence-electron chi connectivity index (χ0n) is 16.7. The van der Waals surface area contributed by atoms with Crippen LogP contribution in [0, 0.1) is 23.3 Å². The number of halogens is 4. The maximum atomic E-state index is 14.9. The molecule has 0 spiro atoms. The van der Waals surface area contributed by atoms with Crippen LogP contribution in [0.1, 0.15) is 0 Å². The Labute approximate surface area is 176 Å². The Kier molecular flexibility index (Phi) is 5.97. The van der Waals surface area contributed by atoms with Gasteiger partial charge in [-0.1, -0.05) is 18.2 Å². The normalized spacial score (nSPS) is 11.5. The van der Waals surface area contributed by atoms with Crippen molar-refractivity contribution in [3.63, 3.8) is 0 Å². The predicted molar refractivity (Wildman–Crippen MR) is 109 cm³/mol. The number of nitrogens with two attached hydrogens (primary N) is 1. The van der Waals surface area contributed by atoms with E-state index in [9.17, 15) is 26.0 Å². The molecule has 0 aliphatic carbocycles. The maximum Gasteiger partial charge on any atom is 0.238 e. The Bertz CT molecular complexity index is 1260. The number of hydrogen-bond donors (Lipinski definition) is 1. The van der Waals surface area contributed by atoms with Crippen molar-refractivity contribution in [3.05, 3.63) is 65.7 Å². The predicted octanol–water partition coefficient (Wildman–Crippen LogP) is 4.30. The molecule has 0 radical (unpaired) electrons. The van der Waals surface area contributed by atoms with Crippen LogP contribution in [-0.2, 0) is 10.0 Å². The fourth-order valence-corrected chi connectivity index (χ4v) is 3.70. The lowest BCUT2D eigenvalue weighted by atomic mass is 9.92. The molecule has 10 heteroatoms. The highest BCUT2D eigenvalue weighted by Gasteiger charge is 2.28. The molecule has 31 heavy (non-hydrogen) atoms. The van der Waals surface area contributed by atoms with Gasteiger partial charge < -0.3 is 9.64 Å². The molecule has 0 amide bonds. The Balaban J connectivity index is 2.34. The van der Waals surface area contributed by atoms with E-state index >= 15 is 0 Å². The van der Waals surface area contributed by atoms with Crippen LogP contribution in [0.3, 0.4) is 0 Å². The number of sulfonamides is 1. The minimum atomic E-state index is -4.04. The summed E-state index contributed by atoms with van der Waals surface area (Å²) in [5.41, 5.74) is -0.536. The molecule has 0 aliphatic heterocycles. The quantitative estimate of drug-likeness (QED) is 0.355. The molecule has 2 N–H and O–H groups in total. The Morgan fingerprint density at radius 2 is 1.29 bits per heavy atom. The smallest absolute Gasteiger partial charge is 0.238 e. The number of methoxy groups -OCH3 is 1. The Morgan fingerprint density at radius 3 is 1.74 bits per heavy atom. The van der Waals surface area contributed by atoms with Crippen LogP contribution in [0.2, 0.25) is 0 Å². The number of anilines is 1. The van der Waals surface area contributed by atoms with Crippen molar-refractivity contribution in [2.45, 2.75) is 4.90 Å². The molecular formula is C21H18F4N2O3S. The van der Waals surface area contributed by atoms with Crippen molar-refractivity contribution in [1.82, 2.24) is 0 Å². The van der Waals surface area contributed by atoms with E-state index in [-0.39, 0.29) is 16.0 Å². The minimum absolute atomic E-state index is 0.0308. The van der Waals surface area contributed by atoms with Gasteiger partial charge in [0.2, 0.25) is 10.0 Å². The second kappa shape index (κ2) is 8.20. The summed E-state index contributed by atoms with van der Waals surface area (Å²) < 4.78 is 86.1. The van der Waals surface area contributed by atoms with Gasteiger partial charge in [-0.15, -0.1) is 0 Å². The van der Waals surface area contributed by atoms with Gasteiger partial charge in [-0.25, -0.2) is 31.1 Å². The zero-order valence-corrected chi connectivity index (χ0v) is 17.5. The van der Waals surface area contributed by atoms with Crippen LogP contribution in [0.4, 0.5) is 23.2 Å². The average Bonchev–Trinajstić information content (AvgIpc) is 2.73. The van der Waals surface area contributed by atoms with E-state index in [1.54, 1.807) is 25.1 Å². The molecule has 0 unspecified atom stereocenters. The van der Waals surface area contributed by atoms with Crippen molar-refractivity contribution in [2.24, 2.45) is 5.14 Å². The SMILES string of the molecule is COc1cc(-c2c(F)c(F)c(F)c(F)c2-c2ccc(S(N)(=O)=O)cc2)ccc1N(C)C. The third kappa shape index (κ3) is 4.08. The molecule has 0 saturated heterocycles. The number of hydrogen-bond acceptors (Lipinski definition) is 4. The maximum absolute atomic E-state index is 14.9. The monoisotopic (exact) mass is 454 g/mol. The van der Waals surface area contributed by atoms with E-state index in [0.29, 0.717) is 11.4 Å². The van der Waals surface area contributed by atoms with Crippen LogP contribution in [0.5, 0.6) is 5.75 Å². The first kappa shape index (κ1) is 22.6. The number of primary sulfonamides is 1. The van der Waals surface area contributed by atoms with Crippen molar-refractivity contribution in [2.75, 3.05) is 26.1 Å². The lowest BCUT2D eigenvalue weighted by Crippen LogP contribution is -2.12. The summed E-state index contributed by atoms with van der Waals surface area (Å²) in [5, 5.41) is 5.05. The summed E-state index contributed by atoms with van der Waals surface area (Å²) in [6.07, 6.45) is 0. The largest absolute Gasteiger partial charge is 0.495 e. The molecule has 0 aliphatic rings. The summed E-state index contributed by atoms with van der Waals surface area (Å²) >= 11 is 0. The third-order valence-electron chi connectivity index (χ3n) is 4.69. The van der Waals surface area contributed by atoms with E-state index in [2.05, 4.69) is 0 Å². The third-order valence-corrected chi connectivity index (χ3v) is 5.62. The van der Waals surface area contributed by atoms with E-state index in [0.717, 1.165) is 24.3 Å². The number of ether oxygens (including phenoxy) is 1. The van der Waals surface area contributed by atoms with Crippen LogP contribution in [-0.4, -0.2) is 29.6 Å². The van der Waals surface area contributed by atoms with Gasteiger partial charge in [0.15, 0.2) is 23.3 Å². The van der Waals surface area contributed by atoms with Crippen LogP contribution >= 0.6 is 0 Å². The molecular weight excluding hydrogens is 436 g/mol. The van der Waals surface area contributed by atoms with E-state index < -0.39 is 44.4 Å². The molecule has 164 valence electrons. The summed E-state index contributed by atoms with van der Waals surface area (Å²) in [6.45, 7) is 0. The van der Waals surface area contributed by atoms with Crippen molar-refractivity contribution < 1.29 is 30.7 Å². The summed E-state index contributed by atoms with van der Waals surface area (Å²) in [6, 6.07) is 8.71. The molecule has 3 aromatic carbocycles. The first-order valence-electron chi connectivity index (χ1n) is 8.82. The molecule has 0 atom stereocenters. The van der Waals surface area contributed by atoms with Crippen molar-refractivity contribution in [1.29, 1.82) is 0 Å². The molecule has 3 rings (SSSR count). The van der Waals surface area contributed by atoms with Gasteiger partial charge in [0, 0.05) is 25.2 Å². The standard InChI is InChI=1S/C21H18F4N2O3S/c1-27(2)14-9-6-12(10-15(14)30-3)17-16(18(22)20(24)21(25)19(17)23)11-4-7-13(8-5-11)31(26,28)29/h4-10H,1-3H3,(H2,26,28,29). The topological polar surface area (TPSA) is 72.6 Å². The first-order valence-corrected chi connectivity index (χ1v) is 10.4. The van der Waals surface area contributed by atoms with Gasteiger partial charge in [0.1, 0.15) is 5.75 Å². The van der Waals surface area contributed by atoms with Crippen LogP contribution < -0.4 is 14.8 Å². The lowest BCUT2D eigenvalue weighted by Gasteiger charge is -2.19. The van der Waals surface area contributed by atoms with Gasteiger partial charge in [0.05, 0.1) is 17.7 Å². The molecule has 0 fully saturated rings. The molecule has 0 bridgehead atoms. The highest BCUT2D eigenvalue weighted by atomic mass is 32.2. The lowest BCUT2D eigenvalue weighted by molar-refractivity contribution is 0.411. The Morgan fingerprint density at radius 1 is 0.806 bits per heavy atom. The molecule has 0 heterocycles. The highest BCUT2D eigenvalue weighted by molar-refractivity contribution is 7.89. The average molecular weight is 454 g/mol.